The van der Waals surface area contributed by atoms with Gasteiger partial charge in [0.15, 0.2) is 0 Å². The standard InChI is InChI=1S/C18H24/c1-16(4-5-16)13-10-14(17(2)6-7-17)12-15(11-13)18(3)8-9-18/h10-12H,4-9H2,1-3H3. The average Bonchev–Trinajstić information content (AvgIpc) is 3.21. The monoisotopic (exact) mass is 240 g/mol. The molecule has 0 N–H and O–H groups in total. The van der Waals surface area contributed by atoms with E-state index < -0.39 is 0 Å². The van der Waals surface area contributed by atoms with E-state index in [1.807, 2.05) is 0 Å². The topological polar surface area (TPSA) is 0 Å². The third kappa shape index (κ3) is 1.57. The molecule has 0 nitrogen and oxygen atoms in total. The predicted octanol–water partition coefficient (Wildman–Crippen LogP) is 4.84. The minimum Gasteiger partial charge on any atom is -0.0555 e. The molecule has 0 heteroatoms. The van der Waals surface area contributed by atoms with Crippen molar-refractivity contribution >= 4 is 0 Å². The fourth-order valence-electron chi connectivity index (χ4n) is 3.10. The van der Waals surface area contributed by atoms with Crippen LogP contribution in [0, 0.1) is 0 Å². The molecular formula is C18H24. The Morgan fingerprint density at radius 2 is 0.778 bits per heavy atom. The Bertz CT molecular complexity index is 422. The van der Waals surface area contributed by atoms with Gasteiger partial charge in [0.05, 0.1) is 0 Å². The Hall–Kier alpha value is -0.780. The molecule has 1 aromatic rings. The summed E-state index contributed by atoms with van der Waals surface area (Å²) < 4.78 is 0. The van der Waals surface area contributed by atoms with E-state index in [0.717, 1.165) is 0 Å². The second-order valence-electron chi connectivity index (χ2n) is 7.98. The molecule has 0 aromatic heterocycles. The Kier molecular flexibility index (Phi) is 1.86. The molecule has 3 fully saturated rings. The minimum absolute atomic E-state index is 0.515. The molecule has 18 heavy (non-hydrogen) atoms. The maximum absolute atomic E-state index is 2.54. The van der Waals surface area contributed by atoms with E-state index in [9.17, 15) is 0 Å². The van der Waals surface area contributed by atoms with Crippen LogP contribution in [0.25, 0.3) is 0 Å². The molecule has 0 radical (unpaired) electrons. The van der Waals surface area contributed by atoms with Crippen LogP contribution in [-0.4, -0.2) is 0 Å². The van der Waals surface area contributed by atoms with Crippen molar-refractivity contribution in [2.75, 3.05) is 0 Å². The average molecular weight is 240 g/mol. The van der Waals surface area contributed by atoms with Crippen molar-refractivity contribution in [2.24, 2.45) is 0 Å². The van der Waals surface area contributed by atoms with Crippen LogP contribution in [0.3, 0.4) is 0 Å². The molecule has 3 aliphatic rings. The molecule has 0 unspecified atom stereocenters. The van der Waals surface area contributed by atoms with Crippen LogP contribution >= 0.6 is 0 Å². The van der Waals surface area contributed by atoms with Gasteiger partial charge in [-0.15, -0.1) is 0 Å². The lowest BCUT2D eigenvalue weighted by Gasteiger charge is -2.20. The molecule has 0 aliphatic heterocycles. The van der Waals surface area contributed by atoms with E-state index in [1.54, 1.807) is 16.7 Å². The summed E-state index contributed by atoms with van der Waals surface area (Å²) in [6.07, 6.45) is 8.35. The van der Waals surface area contributed by atoms with Crippen molar-refractivity contribution in [1.82, 2.24) is 0 Å². The summed E-state index contributed by atoms with van der Waals surface area (Å²) in [6, 6.07) is 7.61. The highest BCUT2D eigenvalue weighted by atomic mass is 14.5. The van der Waals surface area contributed by atoms with Gasteiger partial charge in [0.2, 0.25) is 0 Å². The van der Waals surface area contributed by atoms with Crippen molar-refractivity contribution in [3.8, 4) is 0 Å². The van der Waals surface area contributed by atoms with Crippen LogP contribution in [0.1, 0.15) is 76.0 Å². The van der Waals surface area contributed by atoms with E-state index in [2.05, 4.69) is 39.0 Å². The van der Waals surface area contributed by atoms with Crippen molar-refractivity contribution in [3.05, 3.63) is 34.9 Å². The van der Waals surface area contributed by atoms with Gasteiger partial charge in [-0.3, -0.25) is 0 Å². The summed E-state index contributed by atoms with van der Waals surface area (Å²) in [4.78, 5) is 0. The molecule has 0 saturated heterocycles. The molecule has 0 spiro atoms. The lowest BCUT2D eigenvalue weighted by atomic mass is 9.85. The number of hydrogen-bond donors (Lipinski definition) is 0. The van der Waals surface area contributed by atoms with Crippen LogP contribution in [0.4, 0.5) is 0 Å². The number of hydrogen-bond acceptors (Lipinski definition) is 0. The lowest BCUT2D eigenvalue weighted by Crippen LogP contribution is -2.10. The van der Waals surface area contributed by atoms with Crippen molar-refractivity contribution in [2.45, 2.75) is 75.5 Å². The lowest BCUT2D eigenvalue weighted by molar-refractivity contribution is 0.728. The summed E-state index contributed by atoms with van der Waals surface area (Å²) >= 11 is 0. The zero-order chi connectivity index (χ0) is 12.6. The molecule has 0 bridgehead atoms. The quantitative estimate of drug-likeness (QED) is 0.709. The first kappa shape index (κ1) is 11.1. The van der Waals surface area contributed by atoms with Crippen molar-refractivity contribution < 1.29 is 0 Å². The van der Waals surface area contributed by atoms with Gasteiger partial charge >= 0.3 is 0 Å². The van der Waals surface area contributed by atoms with Gasteiger partial charge in [0.25, 0.3) is 0 Å². The smallest absolute Gasteiger partial charge is 0.00744 e. The summed E-state index contributed by atoms with van der Waals surface area (Å²) in [6.45, 7) is 7.33. The molecule has 96 valence electrons. The first-order chi connectivity index (χ1) is 8.44. The highest BCUT2D eigenvalue weighted by Crippen LogP contribution is 2.55. The van der Waals surface area contributed by atoms with Crippen LogP contribution in [0.5, 0.6) is 0 Å². The van der Waals surface area contributed by atoms with Crippen LogP contribution in [0.15, 0.2) is 18.2 Å². The fourth-order valence-corrected chi connectivity index (χ4v) is 3.10. The van der Waals surface area contributed by atoms with E-state index in [1.165, 1.54) is 38.5 Å². The number of rotatable bonds is 3. The van der Waals surface area contributed by atoms with Gasteiger partial charge in [-0.2, -0.15) is 0 Å². The second-order valence-corrected chi connectivity index (χ2v) is 7.98. The fraction of sp³-hybridized carbons (Fsp3) is 0.667. The van der Waals surface area contributed by atoms with Gasteiger partial charge in [0.1, 0.15) is 0 Å². The minimum atomic E-state index is 0.515. The summed E-state index contributed by atoms with van der Waals surface area (Å²) in [7, 11) is 0. The molecule has 3 saturated carbocycles. The highest BCUT2D eigenvalue weighted by Gasteiger charge is 2.46. The third-order valence-electron chi connectivity index (χ3n) is 6.02. The van der Waals surface area contributed by atoms with E-state index in [4.69, 9.17) is 0 Å². The molecule has 1 aromatic carbocycles. The Balaban J connectivity index is 1.83. The zero-order valence-corrected chi connectivity index (χ0v) is 12.0. The molecular weight excluding hydrogens is 216 g/mol. The summed E-state index contributed by atoms with van der Waals surface area (Å²) in [5, 5.41) is 0. The molecule has 4 rings (SSSR count). The Labute approximate surface area is 111 Å². The second kappa shape index (κ2) is 3.03. The van der Waals surface area contributed by atoms with E-state index in [-0.39, 0.29) is 0 Å². The van der Waals surface area contributed by atoms with Gasteiger partial charge in [-0.25, -0.2) is 0 Å². The third-order valence-corrected chi connectivity index (χ3v) is 6.02. The highest BCUT2D eigenvalue weighted by molar-refractivity contribution is 5.46. The first-order valence-electron chi connectivity index (χ1n) is 7.60. The Morgan fingerprint density at radius 1 is 0.556 bits per heavy atom. The van der Waals surface area contributed by atoms with Crippen LogP contribution in [0.2, 0.25) is 0 Å². The van der Waals surface area contributed by atoms with E-state index >= 15 is 0 Å². The number of benzene rings is 1. The summed E-state index contributed by atoms with van der Waals surface area (Å²) in [5.41, 5.74) is 6.45. The maximum Gasteiger partial charge on any atom is -0.00744 e. The molecule has 0 atom stereocenters. The largest absolute Gasteiger partial charge is 0.0555 e. The molecule has 0 heterocycles. The van der Waals surface area contributed by atoms with Gasteiger partial charge in [0, 0.05) is 0 Å². The van der Waals surface area contributed by atoms with Crippen LogP contribution in [-0.2, 0) is 16.2 Å². The van der Waals surface area contributed by atoms with E-state index in [0.29, 0.717) is 16.2 Å². The predicted molar refractivity (Wildman–Crippen MR) is 76.2 cm³/mol. The normalized spacial score (nSPS) is 28.8. The van der Waals surface area contributed by atoms with Gasteiger partial charge in [-0.05, 0) is 71.5 Å². The molecule has 3 aliphatic carbocycles. The maximum atomic E-state index is 2.54. The van der Waals surface area contributed by atoms with Gasteiger partial charge in [-0.1, -0.05) is 39.0 Å². The SMILES string of the molecule is CC1(c2cc(C3(C)CC3)cc(C3(C)CC3)c2)CC1. The van der Waals surface area contributed by atoms with Gasteiger partial charge < -0.3 is 0 Å². The molecule has 0 amide bonds. The zero-order valence-electron chi connectivity index (χ0n) is 12.0. The first-order valence-corrected chi connectivity index (χ1v) is 7.60. The summed E-state index contributed by atoms with van der Waals surface area (Å²) in [5.74, 6) is 0. The van der Waals surface area contributed by atoms with Crippen molar-refractivity contribution in [3.63, 3.8) is 0 Å². The Morgan fingerprint density at radius 3 is 0.944 bits per heavy atom. The van der Waals surface area contributed by atoms with Crippen molar-refractivity contribution in [1.29, 1.82) is 0 Å². The van der Waals surface area contributed by atoms with Crippen LogP contribution < -0.4 is 0 Å².